The number of ether oxygens (including phenoxy) is 2. The van der Waals surface area contributed by atoms with E-state index >= 15 is 0 Å². The van der Waals surface area contributed by atoms with E-state index < -0.39 is 0 Å². The molecular weight excluding hydrogens is 320 g/mol. The lowest BCUT2D eigenvalue weighted by Crippen LogP contribution is -2.47. The average Bonchev–Trinajstić information content (AvgIpc) is 3.04. The summed E-state index contributed by atoms with van der Waals surface area (Å²) in [5, 5.41) is 10.3. The second kappa shape index (κ2) is 8.02. The fraction of sp³-hybridized carbons (Fsp3) is 0.444. The van der Waals surface area contributed by atoms with Gasteiger partial charge in [-0.1, -0.05) is 12.1 Å². The van der Waals surface area contributed by atoms with Gasteiger partial charge >= 0.3 is 0 Å². The lowest BCUT2D eigenvalue weighted by molar-refractivity contribution is -0.123. The van der Waals surface area contributed by atoms with Gasteiger partial charge < -0.3 is 20.1 Å². The largest absolute Gasteiger partial charge is 0.486 e. The summed E-state index contributed by atoms with van der Waals surface area (Å²) in [7, 11) is 0. The Hall–Kier alpha value is -2.54. The zero-order valence-corrected chi connectivity index (χ0v) is 14.6. The summed E-state index contributed by atoms with van der Waals surface area (Å²) in [4.78, 5) is 12.2. The molecule has 0 spiro atoms. The Morgan fingerprint density at radius 1 is 1.40 bits per heavy atom. The van der Waals surface area contributed by atoms with Gasteiger partial charge in [0.15, 0.2) is 11.5 Å². The molecule has 0 bridgehead atoms. The minimum atomic E-state index is -0.284. The topological polar surface area (TPSA) is 77.4 Å². The highest BCUT2D eigenvalue weighted by molar-refractivity contribution is 5.81. The van der Waals surface area contributed by atoms with Gasteiger partial charge in [0.25, 0.3) is 0 Å². The second-order valence-electron chi connectivity index (χ2n) is 6.20. The maximum absolute atomic E-state index is 12.2. The number of hydrogen-bond donors (Lipinski definition) is 2. The molecule has 1 aliphatic rings. The van der Waals surface area contributed by atoms with Crippen molar-refractivity contribution in [3.63, 3.8) is 0 Å². The fourth-order valence-corrected chi connectivity index (χ4v) is 2.61. The van der Waals surface area contributed by atoms with E-state index in [-0.39, 0.29) is 18.1 Å². The Morgan fingerprint density at radius 3 is 2.96 bits per heavy atom. The Morgan fingerprint density at radius 2 is 2.20 bits per heavy atom. The molecule has 1 aromatic heterocycles. The molecule has 1 amide bonds. The first-order chi connectivity index (χ1) is 12.1. The van der Waals surface area contributed by atoms with Crippen molar-refractivity contribution in [2.24, 2.45) is 0 Å². The number of nitrogens with one attached hydrogen (secondary N) is 2. The van der Waals surface area contributed by atoms with Crippen LogP contribution in [0.15, 0.2) is 36.7 Å². The van der Waals surface area contributed by atoms with Crippen LogP contribution in [-0.4, -0.2) is 47.5 Å². The van der Waals surface area contributed by atoms with Crippen molar-refractivity contribution in [3.05, 3.63) is 42.2 Å². The number of carbonyl (C=O) groups excluding carboxylic acids is 1. The molecule has 1 aliphatic heterocycles. The number of fused-ring (bicyclic) bond motifs is 1. The van der Waals surface area contributed by atoms with Crippen molar-refractivity contribution in [2.75, 3.05) is 19.7 Å². The zero-order chi connectivity index (χ0) is 17.6. The van der Waals surface area contributed by atoms with E-state index in [0.29, 0.717) is 25.4 Å². The van der Waals surface area contributed by atoms with Crippen molar-refractivity contribution in [3.8, 4) is 11.5 Å². The van der Waals surface area contributed by atoms with Crippen LogP contribution in [0.25, 0.3) is 0 Å². The lowest BCUT2D eigenvalue weighted by atomic mass is 10.2. The number of hydrogen-bond acceptors (Lipinski definition) is 5. The molecule has 0 saturated heterocycles. The lowest BCUT2D eigenvalue weighted by Gasteiger charge is -2.27. The maximum Gasteiger partial charge on any atom is 0.236 e. The van der Waals surface area contributed by atoms with Crippen LogP contribution < -0.4 is 20.1 Å². The summed E-state index contributed by atoms with van der Waals surface area (Å²) in [6, 6.07) is 7.26. The Balaban J connectivity index is 1.37. The van der Waals surface area contributed by atoms with Crippen LogP contribution >= 0.6 is 0 Å². The van der Waals surface area contributed by atoms with E-state index in [4.69, 9.17) is 9.47 Å². The van der Waals surface area contributed by atoms with Crippen molar-refractivity contribution in [1.29, 1.82) is 0 Å². The van der Waals surface area contributed by atoms with E-state index in [0.717, 1.165) is 17.9 Å². The van der Waals surface area contributed by atoms with Gasteiger partial charge in [0.2, 0.25) is 5.91 Å². The highest BCUT2D eigenvalue weighted by Gasteiger charge is 2.22. The second-order valence-corrected chi connectivity index (χ2v) is 6.20. The first-order valence-electron chi connectivity index (χ1n) is 8.50. The van der Waals surface area contributed by atoms with E-state index in [1.807, 2.05) is 55.2 Å². The summed E-state index contributed by atoms with van der Waals surface area (Å²) in [5.41, 5.74) is 1.13. The number of nitrogens with zero attached hydrogens (tertiary/aromatic N) is 2. The molecule has 0 fully saturated rings. The van der Waals surface area contributed by atoms with Crippen LogP contribution in [0.3, 0.4) is 0 Å². The van der Waals surface area contributed by atoms with Crippen molar-refractivity contribution < 1.29 is 14.3 Å². The summed E-state index contributed by atoms with van der Waals surface area (Å²) >= 11 is 0. The minimum Gasteiger partial charge on any atom is -0.486 e. The number of rotatable bonds is 7. The van der Waals surface area contributed by atoms with Gasteiger partial charge in [-0.15, -0.1) is 0 Å². The van der Waals surface area contributed by atoms with Crippen molar-refractivity contribution >= 4 is 5.91 Å². The maximum atomic E-state index is 12.2. The van der Waals surface area contributed by atoms with Gasteiger partial charge in [0.1, 0.15) is 12.7 Å². The summed E-state index contributed by atoms with van der Waals surface area (Å²) in [6.07, 6.45) is 3.61. The molecule has 3 rings (SSSR count). The molecule has 2 atom stereocenters. The molecule has 0 unspecified atom stereocenters. The number of aromatic nitrogens is 2. The van der Waals surface area contributed by atoms with Crippen LogP contribution in [-0.2, 0) is 11.3 Å². The van der Waals surface area contributed by atoms with E-state index in [1.54, 1.807) is 0 Å². The highest BCUT2D eigenvalue weighted by atomic mass is 16.6. The third-order valence-corrected chi connectivity index (χ3v) is 4.02. The monoisotopic (exact) mass is 344 g/mol. The van der Waals surface area contributed by atoms with E-state index in [1.165, 1.54) is 0 Å². The molecule has 0 aliphatic carbocycles. The SMILES string of the molecule is Cc1cnn(CCN[C@@H](C)C(=O)NC[C@@H]2COc3ccccc3O2)c1. The number of amides is 1. The van der Waals surface area contributed by atoms with Gasteiger partial charge in [0.05, 0.1) is 25.3 Å². The number of para-hydroxylation sites is 2. The van der Waals surface area contributed by atoms with Crippen LogP contribution in [0.4, 0.5) is 0 Å². The van der Waals surface area contributed by atoms with Gasteiger partial charge in [-0.3, -0.25) is 9.48 Å². The quantitative estimate of drug-likeness (QED) is 0.787. The molecule has 7 nitrogen and oxygen atoms in total. The number of benzene rings is 1. The van der Waals surface area contributed by atoms with Crippen LogP contribution in [0.5, 0.6) is 11.5 Å². The van der Waals surface area contributed by atoms with Gasteiger partial charge in [0, 0.05) is 12.7 Å². The highest BCUT2D eigenvalue weighted by Crippen LogP contribution is 2.30. The standard InChI is InChI=1S/C18H24N4O3/c1-13-9-21-22(11-13)8-7-19-14(2)18(23)20-10-15-12-24-16-5-3-4-6-17(16)25-15/h3-6,9,11,14-15,19H,7-8,10,12H2,1-2H3,(H,20,23)/t14-,15+/m0/s1. The van der Waals surface area contributed by atoms with Crippen molar-refractivity contribution in [1.82, 2.24) is 20.4 Å². The Labute approximate surface area is 147 Å². The molecule has 25 heavy (non-hydrogen) atoms. The molecule has 1 aromatic carbocycles. The van der Waals surface area contributed by atoms with E-state index in [9.17, 15) is 4.79 Å². The molecule has 7 heteroatoms. The minimum absolute atomic E-state index is 0.0564. The van der Waals surface area contributed by atoms with Crippen LogP contribution in [0, 0.1) is 6.92 Å². The Bertz CT molecular complexity index is 716. The first-order valence-corrected chi connectivity index (χ1v) is 8.50. The fourth-order valence-electron chi connectivity index (χ4n) is 2.61. The third-order valence-electron chi connectivity index (χ3n) is 4.02. The molecule has 2 heterocycles. The molecule has 2 aromatic rings. The zero-order valence-electron chi connectivity index (χ0n) is 14.6. The molecular formula is C18H24N4O3. The van der Waals surface area contributed by atoms with Crippen LogP contribution in [0.2, 0.25) is 0 Å². The average molecular weight is 344 g/mol. The van der Waals surface area contributed by atoms with Crippen LogP contribution in [0.1, 0.15) is 12.5 Å². The summed E-state index contributed by atoms with van der Waals surface area (Å²) in [6.45, 7) is 6.09. The van der Waals surface area contributed by atoms with E-state index in [2.05, 4.69) is 15.7 Å². The summed E-state index contributed by atoms with van der Waals surface area (Å²) < 4.78 is 13.3. The molecule has 0 saturated carbocycles. The predicted molar refractivity (Wildman–Crippen MR) is 93.8 cm³/mol. The molecule has 134 valence electrons. The van der Waals surface area contributed by atoms with Gasteiger partial charge in [-0.2, -0.15) is 5.10 Å². The smallest absolute Gasteiger partial charge is 0.236 e. The van der Waals surface area contributed by atoms with Gasteiger partial charge in [-0.05, 0) is 31.5 Å². The number of carbonyl (C=O) groups is 1. The van der Waals surface area contributed by atoms with Gasteiger partial charge in [-0.25, -0.2) is 0 Å². The third kappa shape index (κ3) is 4.73. The predicted octanol–water partition coefficient (Wildman–Crippen LogP) is 1.13. The number of aryl methyl sites for hydroxylation is 1. The summed E-state index contributed by atoms with van der Waals surface area (Å²) in [5.74, 6) is 1.40. The molecule has 0 radical (unpaired) electrons. The van der Waals surface area contributed by atoms with Crippen molar-refractivity contribution in [2.45, 2.75) is 32.5 Å². The first kappa shape index (κ1) is 17.3. The molecule has 2 N–H and O–H groups in total. The normalized spacial score (nSPS) is 17.1. The Kier molecular flexibility index (Phi) is 5.55.